The van der Waals surface area contributed by atoms with Crippen LogP contribution in [0.2, 0.25) is 0 Å². The van der Waals surface area contributed by atoms with Gasteiger partial charge in [-0.15, -0.1) is 0 Å². The second-order valence-electron chi connectivity index (χ2n) is 3.97. The van der Waals surface area contributed by atoms with Crippen LogP contribution >= 0.6 is 0 Å². The van der Waals surface area contributed by atoms with E-state index in [1.807, 2.05) is 0 Å². The zero-order valence-corrected chi connectivity index (χ0v) is 9.16. The minimum Gasteiger partial charge on any atom is -0.492 e. The first-order valence-corrected chi connectivity index (χ1v) is 5.30. The highest BCUT2D eigenvalue weighted by atomic mass is 19.1. The number of aromatic nitrogens is 1. The van der Waals surface area contributed by atoms with Gasteiger partial charge in [0.05, 0.1) is 12.8 Å². The molecule has 4 nitrogen and oxygen atoms in total. The third kappa shape index (κ3) is 2.01. The molecule has 0 spiro atoms. The number of hydrogen-bond donors (Lipinski definition) is 2. The van der Waals surface area contributed by atoms with Crippen LogP contribution in [-0.4, -0.2) is 30.3 Å². The Morgan fingerprint density at radius 2 is 2.12 bits per heavy atom. The monoisotopic (exact) mass is 226 g/mol. The molecular weight excluding hydrogens is 211 g/mol. The van der Waals surface area contributed by atoms with Gasteiger partial charge in [0.25, 0.3) is 5.95 Å². The van der Waals surface area contributed by atoms with Crippen molar-refractivity contribution in [1.29, 1.82) is 0 Å². The van der Waals surface area contributed by atoms with Gasteiger partial charge in [-0.1, -0.05) is 0 Å². The summed E-state index contributed by atoms with van der Waals surface area (Å²) in [7, 11) is 1.39. The third-order valence-corrected chi connectivity index (χ3v) is 2.94. The number of nitrogens with one attached hydrogen (secondary N) is 1. The van der Waals surface area contributed by atoms with Gasteiger partial charge in [0, 0.05) is 0 Å². The molecule has 0 aliphatic carbocycles. The van der Waals surface area contributed by atoms with Gasteiger partial charge in [-0.25, -0.2) is 4.98 Å². The van der Waals surface area contributed by atoms with E-state index in [9.17, 15) is 9.50 Å². The van der Waals surface area contributed by atoms with Crippen LogP contribution in [0, 0.1) is 5.95 Å². The molecule has 1 aromatic heterocycles. The summed E-state index contributed by atoms with van der Waals surface area (Å²) >= 11 is 0. The van der Waals surface area contributed by atoms with Crippen molar-refractivity contribution in [1.82, 2.24) is 10.3 Å². The van der Waals surface area contributed by atoms with Crippen LogP contribution in [0.3, 0.4) is 0 Å². The predicted octanol–water partition coefficient (Wildman–Crippen LogP) is 0.800. The molecule has 0 radical (unpaired) electrons. The molecule has 2 N–H and O–H groups in total. The van der Waals surface area contributed by atoms with Crippen molar-refractivity contribution < 1.29 is 14.2 Å². The SMILES string of the molecule is COc1ccc(C2(O)CCNCC2)nc1F. The average Bonchev–Trinajstić information content (AvgIpc) is 2.30. The topological polar surface area (TPSA) is 54.4 Å². The molecule has 0 amide bonds. The fourth-order valence-electron chi connectivity index (χ4n) is 1.93. The van der Waals surface area contributed by atoms with Gasteiger partial charge in [-0.05, 0) is 38.1 Å². The number of piperidine rings is 1. The second-order valence-corrected chi connectivity index (χ2v) is 3.97. The lowest BCUT2D eigenvalue weighted by Gasteiger charge is -2.32. The number of rotatable bonds is 2. The molecular formula is C11H15FN2O2. The van der Waals surface area contributed by atoms with Crippen LogP contribution in [0.1, 0.15) is 18.5 Å². The molecule has 0 bridgehead atoms. The summed E-state index contributed by atoms with van der Waals surface area (Å²) in [5.74, 6) is -0.576. The van der Waals surface area contributed by atoms with Crippen molar-refractivity contribution >= 4 is 0 Å². The minimum absolute atomic E-state index is 0.0984. The zero-order valence-electron chi connectivity index (χ0n) is 9.16. The van der Waals surface area contributed by atoms with Crippen LogP contribution in [-0.2, 0) is 5.60 Å². The lowest BCUT2D eigenvalue weighted by molar-refractivity contribution is 0.00109. The molecule has 0 unspecified atom stereocenters. The summed E-state index contributed by atoms with van der Waals surface area (Å²) < 4.78 is 18.2. The molecule has 16 heavy (non-hydrogen) atoms. The maximum atomic E-state index is 13.4. The number of pyridine rings is 1. The van der Waals surface area contributed by atoms with Crippen LogP contribution in [0.25, 0.3) is 0 Å². The molecule has 1 aliphatic heterocycles. The highest BCUT2D eigenvalue weighted by Gasteiger charge is 2.33. The first kappa shape index (κ1) is 11.3. The molecule has 2 rings (SSSR count). The maximum Gasteiger partial charge on any atom is 0.255 e. The van der Waals surface area contributed by atoms with Gasteiger partial charge in [0.2, 0.25) is 0 Å². The summed E-state index contributed by atoms with van der Waals surface area (Å²) in [4.78, 5) is 3.77. The van der Waals surface area contributed by atoms with E-state index in [1.165, 1.54) is 13.2 Å². The van der Waals surface area contributed by atoms with E-state index in [0.717, 1.165) is 0 Å². The van der Waals surface area contributed by atoms with E-state index in [2.05, 4.69) is 10.3 Å². The first-order valence-electron chi connectivity index (χ1n) is 5.30. The Bertz CT molecular complexity index is 378. The highest BCUT2D eigenvalue weighted by molar-refractivity contribution is 5.25. The quantitative estimate of drug-likeness (QED) is 0.732. The summed E-state index contributed by atoms with van der Waals surface area (Å²) in [5.41, 5.74) is -0.634. The van der Waals surface area contributed by atoms with Gasteiger partial charge in [0.15, 0.2) is 5.75 Å². The van der Waals surface area contributed by atoms with Gasteiger partial charge in [-0.2, -0.15) is 4.39 Å². The van der Waals surface area contributed by atoms with Crippen molar-refractivity contribution in [2.75, 3.05) is 20.2 Å². The largest absolute Gasteiger partial charge is 0.492 e. The lowest BCUT2D eigenvalue weighted by Crippen LogP contribution is -2.40. The Balaban J connectivity index is 2.29. The number of halogens is 1. The third-order valence-electron chi connectivity index (χ3n) is 2.94. The fraction of sp³-hybridized carbons (Fsp3) is 0.545. The smallest absolute Gasteiger partial charge is 0.255 e. The summed E-state index contributed by atoms with van der Waals surface area (Å²) in [6.07, 6.45) is 1.09. The van der Waals surface area contributed by atoms with Crippen molar-refractivity contribution in [3.63, 3.8) is 0 Å². The number of hydrogen-bond acceptors (Lipinski definition) is 4. The molecule has 1 aliphatic rings. The van der Waals surface area contributed by atoms with Crippen LogP contribution in [0.15, 0.2) is 12.1 Å². The molecule has 1 aromatic rings. The van der Waals surface area contributed by atoms with Crippen LogP contribution < -0.4 is 10.1 Å². The predicted molar refractivity (Wildman–Crippen MR) is 56.7 cm³/mol. The Kier molecular flexibility index (Phi) is 3.07. The molecule has 1 saturated heterocycles. The number of aliphatic hydroxyl groups is 1. The van der Waals surface area contributed by atoms with E-state index in [1.54, 1.807) is 6.07 Å². The Morgan fingerprint density at radius 1 is 1.44 bits per heavy atom. The average molecular weight is 226 g/mol. The maximum absolute atomic E-state index is 13.4. The van der Waals surface area contributed by atoms with Crippen molar-refractivity contribution in [3.05, 3.63) is 23.8 Å². The van der Waals surface area contributed by atoms with Gasteiger partial charge < -0.3 is 15.2 Å². The Labute approximate surface area is 93.5 Å². The molecule has 1 fully saturated rings. The van der Waals surface area contributed by atoms with E-state index in [-0.39, 0.29) is 5.75 Å². The number of ether oxygens (including phenoxy) is 1. The van der Waals surface area contributed by atoms with Gasteiger partial charge >= 0.3 is 0 Å². The van der Waals surface area contributed by atoms with E-state index >= 15 is 0 Å². The fourth-order valence-corrected chi connectivity index (χ4v) is 1.93. The van der Waals surface area contributed by atoms with Crippen molar-refractivity contribution in [2.45, 2.75) is 18.4 Å². The summed E-state index contributed by atoms with van der Waals surface area (Å²) in [6.45, 7) is 1.43. The first-order chi connectivity index (χ1) is 7.65. The summed E-state index contributed by atoms with van der Waals surface area (Å²) in [5, 5.41) is 13.5. The molecule has 88 valence electrons. The zero-order chi connectivity index (χ0) is 11.6. The molecule has 0 saturated carbocycles. The Morgan fingerprint density at radius 3 is 2.69 bits per heavy atom. The van der Waals surface area contributed by atoms with Crippen LogP contribution in [0.4, 0.5) is 4.39 Å². The Hall–Kier alpha value is -1.20. The highest BCUT2D eigenvalue weighted by Crippen LogP contribution is 2.30. The number of nitrogens with zero attached hydrogens (tertiary/aromatic N) is 1. The lowest BCUT2D eigenvalue weighted by atomic mass is 9.89. The molecule has 2 heterocycles. The second kappa shape index (κ2) is 4.35. The normalized spacial score (nSPS) is 19.4. The number of methoxy groups -OCH3 is 1. The van der Waals surface area contributed by atoms with E-state index < -0.39 is 11.5 Å². The molecule has 5 heteroatoms. The molecule has 0 atom stereocenters. The van der Waals surface area contributed by atoms with E-state index in [4.69, 9.17) is 4.74 Å². The van der Waals surface area contributed by atoms with E-state index in [0.29, 0.717) is 31.6 Å². The van der Waals surface area contributed by atoms with Crippen molar-refractivity contribution in [3.8, 4) is 5.75 Å². The summed E-state index contributed by atoms with van der Waals surface area (Å²) in [6, 6.07) is 3.12. The van der Waals surface area contributed by atoms with Crippen LogP contribution in [0.5, 0.6) is 5.75 Å². The van der Waals surface area contributed by atoms with Gasteiger partial charge in [0.1, 0.15) is 5.60 Å². The van der Waals surface area contributed by atoms with Crippen molar-refractivity contribution in [2.24, 2.45) is 0 Å². The van der Waals surface area contributed by atoms with Gasteiger partial charge in [-0.3, -0.25) is 0 Å². The standard InChI is InChI=1S/C11H15FN2O2/c1-16-8-2-3-9(14-10(8)12)11(15)4-6-13-7-5-11/h2-3,13,15H,4-7H2,1H3. The molecule has 0 aromatic carbocycles. The minimum atomic E-state index is -1.02.